The largest absolute Gasteiger partial charge is 0.462 e. The molecule has 2 aromatic heterocycles. The Morgan fingerprint density at radius 2 is 2.25 bits per heavy atom. The topological polar surface area (TPSA) is 89.0 Å². The lowest BCUT2D eigenvalue weighted by Gasteiger charge is -2.07. The molecule has 2 rings (SSSR count). The van der Waals surface area contributed by atoms with E-state index in [1.54, 1.807) is 33.2 Å². The molecule has 2 heterocycles. The van der Waals surface area contributed by atoms with Gasteiger partial charge < -0.3 is 15.0 Å². The smallest absolute Gasteiger partial charge is 0.342 e. The highest BCUT2D eigenvalue weighted by molar-refractivity contribution is 6.07. The van der Waals surface area contributed by atoms with Crippen LogP contribution in [0, 0.1) is 6.92 Å². The van der Waals surface area contributed by atoms with Gasteiger partial charge in [-0.3, -0.25) is 9.48 Å². The van der Waals surface area contributed by atoms with Crippen molar-refractivity contribution in [2.45, 2.75) is 13.8 Å². The van der Waals surface area contributed by atoms with Crippen LogP contribution in [0.4, 0.5) is 5.69 Å². The average Bonchev–Trinajstić information content (AvgIpc) is 2.96. The molecule has 0 aliphatic heterocycles. The maximum absolute atomic E-state index is 12.1. The highest BCUT2D eigenvalue weighted by atomic mass is 16.5. The van der Waals surface area contributed by atoms with Crippen LogP contribution in [0.3, 0.4) is 0 Å². The fraction of sp³-hybridized carbons (Fsp3) is 0.308. The van der Waals surface area contributed by atoms with Crippen molar-refractivity contribution in [1.82, 2.24) is 14.8 Å². The van der Waals surface area contributed by atoms with Crippen molar-refractivity contribution >= 4 is 17.6 Å². The lowest BCUT2D eigenvalue weighted by Crippen LogP contribution is -2.18. The third kappa shape index (κ3) is 2.56. The summed E-state index contributed by atoms with van der Waals surface area (Å²) in [7, 11) is 1.67. The van der Waals surface area contributed by atoms with E-state index in [9.17, 15) is 9.59 Å². The molecule has 0 atom stereocenters. The minimum atomic E-state index is -0.466. The monoisotopic (exact) mass is 276 g/mol. The first-order valence-electron chi connectivity index (χ1n) is 6.19. The van der Waals surface area contributed by atoms with Crippen molar-refractivity contribution in [3.05, 3.63) is 35.4 Å². The Hall–Kier alpha value is -2.57. The predicted octanol–water partition coefficient (Wildman–Crippen LogP) is 1.49. The number of aromatic nitrogens is 3. The second-order valence-electron chi connectivity index (χ2n) is 4.22. The molecule has 106 valence electrons. The van der Waals surface area contributed by atoms with Gasteiger partial charge in [0.15, 0.2) is 0 Å². The first kappa shape index (κ1) is 13.9. The maximum atomic E-state index is 12.1. The second-order valence-corrected chi connectivity index (χ2v) is 4.22. The van der Waals surface area contributed by atoms with Crippen molar-refractivity contribution in [2.24, 2.45) is 7.05 Å². The number of amides is 1. The molecule has 0 radical (unpaired) electrons. The van der Waals surface area contributed by atoms with Gasteiger partial charge in [-0.2, -0.15) is 5.10 Å². The summed E-state index contributed by atoms with van der Waals surface area (Å²) >= 11 is 0. The molecule has 0 fully saturated rings. The van der Waals surface area contributed by atoms with E-state index in [0.29, 0.717) is 22.6 Å². The number of nitrogens with one attached hydrogen (secondary N) is 2. The van der Waals surface area contributed by atoms with Gasteiger partial charge in [-0.25, -0.2) is 4.79 Å². The van der Waals surface area contributed by atoms with Crippen LogP contribution in [0.2, 0.25) is 0 Å². The zero-order valence-corrected chi connectivity index (χ0v) is 11.6. The summed E-state index contributed by atoms with van der Waals surface area (Å²) in [5, 5.41) is 6.61. The summed E-state index contributed by atoms with van der Waals surface area (Å²) in [6.45, 7) is 3.75. The SMILES string of the molecule is CCOC(=O)c1c(NC(=O)c2ccnn2C)c[nH]c1C. The number of anilines is 1. The molecule has 0 bridgehead atoms. The lowest BCUT2D eigenvalue weighted by molar-refractivity contribution is 0.0527. The summed E-state index contributed by atoms with van der Waals surface area (Å²) in [6.07, 6.45) is 3.10. The number of carbonyl (C=O) groups is 2. The van der Waals surface area contributed by atoms with Gasteiger partial charge in [-0.05, 0) is 19.9 Å². The molecule has 0 saturated carbocycles. The van der Waals surface area contributed by atoms with Crippen molar-refractivity contribution in [2.75, 3.05) is 11.9 Å². The summed E-state index contributed by atoms with van der Waals surface area (Å²) in [6, 6.07) is 1.60. The van der Waals surface area contributed by atoms with Gasteiger partial charge in [0.05, 0.1) is 12.3 Å². The van der Waals surface area contributed by atoms with Crippen LogP contribution < -0.4 is 5.32 Å². The summed E-state index contributed by atoms with van der Waals surface area (Å²) in [5.74, 6) is -0.805. The molecular formula is C13H16N4O3. The Kier molecular flexibility index (Phi) is 3.88. The van der Waals surface area contributed by atoms with Crippen molar-refractivity contribution in [3.63, 3.8) is 0 Å². The molecule has 0 aliphatic carbocycles. The van der Waals surface area contributed by atoms with E-state index >= 15 is 0 Å². The van der Waals surface area contributed by atoms with Crippen LogP contribution in [0.15, 0.2) is 18.5 Å². The Labute approximate surface area is 115 Å². The highest BCUT2D eigenvalue weighted by Gasteiger charge is 2.20. The minimum Gasteiger partial charge on any atom is -0.462 e. The number of aryl methyl sites for hydroxylation is 2. The standard InChI is InChI=1S/C13H16N4O3/c1-4-20-13(19)11-8(2)14-7-9(11)16-12(18)10-5-6-15-17(10)3/h5-7,14H,4H2,1-3H3,(H,16,18). The zero-order valence-electron chi connectivity index (χ0n) is 11.6. The molecule has 0 aromatic carbocycles. The number of hydrogen-bond donors (Lipinski definition) is 2. The van der Waals surface area contributed by atoms with E-state index in [-0.39, 0.29) is 12.5 Å². The molecule has 7 nitrogen and oxygen atoms in total. The van der Waals surface area contributed by atoms with E-state index in [2.05, 4.69) is 15.4 Å². The van der Waals surface area contributed by atoms with Crippen molar-refractivity contribution in [1.29, 1.82) is 0 Å². The van der Waals surface area contributed by atoms with Gasteiger partial charge in [0.2, 0.25) is 0 Å². The van der Waals surface area contributed by atoms with Crippen LogP contribution >= 0.6 is 0 Å². The van der Waals surface area contributed by atoms with Gasteiger partial charge in [0.1, 0.15) is 11.3 Å². The fourth-order valence-electron chi connectivity index (χ4n) is 1.87. The number of nitrogens with zero attached hydrogens (tertiary/aromatic N) is 2. The summed E-state index contributed by atoms with van der Waals surface area (Å²) < 4.78 is 6.43. The Morgan fingerprint density at radius 3 is 2.85 bits per heavy atom. The highest BCUT2D eigenvalue weighted by Crippen LogP contribution is 2.21. The fourth-order valence-corrected chi connectivity index (χ4v) is 1.87. The molecule has 0 aliphatic rings. The number of hydrogen-bond acceptors (Lipinski definition) is 4. The van der Waals surface area contributed by atoms with Gasteiger partial charge in [-0.15, -0.1) is 0 Å². The molecule has 0 saturated heterocycles. The van der Waals surface area contributed by atoms with Crippen molar-refractivity contribution < 1.29 is 14.3 Å². The number of carbonyl (C=O) groups excluding carboxylic acids is 2. The summed E-state index contributed by atoms with van der Waals surface area (Å²) in [4.78, 5) is 26.9. The van der Waals surface area contributed by atoms with E-state index in [1.165, 1.54) is 10.9 Å². The molecule has 1 amide bonds. The first-order valence-corrected chi connectivity index (χ1v) is 6.19. The summed E-state index contributed by atoms with van der Waals surface area (Å²) in [5.41, 5.74) is 1.77. The maximum Gasteiger partial charge on any atom is 0.342 e. The normalized spacial score (nSPS) is 10.3. The Balaban J connectivity index is 2.24. The molecule has 2 aromatic rings. The molecule has 0 spiro atoms. The third-order valence-electron chi connectivity index (χ3n) is 2.86. The van der Waals surface area contributed by atoms with E-state index in [0.717, 1.165) is 0 Å². The third-order valence-corrected chi connectivity index (χ3v) is 2.86. The molecule has 20 heavy (non-hydrogen) atoms. The van der Waals surface area contributed by atoms with Crippen LogP contribution in [-0.4, -0.2) is 33.2 Å². The molecule has 7 heteroatoms. The van der Waals surface area contributed by atoms with Gasteiger partial charge in [0, 0.05) is 25.1 Å². The predicted molar refractivity (Wildman–Crippen MR) is 72.6 cm³/mol. The van der Waals surface area contributed by atoms with Crippen molar-refractivity contribution in [3.8, 4) is 0 Å². The van der Waals surface area contributed by atoms with E-state index in [1.807, 2.05) is 0 Å². The minimum absolute atomic E-state index is 0.276. The van der Waals surface area contributed by atoms with Gasteiger partial charge in [-0.1, -0.05) is 0 Å². The lowest BCUT2D eigenvalue weighted by atomic mass is 10.2. The zero-order chi connectivity index (χ0) is 14.7. The molecular weight excluding hydrogens is 260 g/mol. The van der Waals surface area contributed by atoms with Gasteiger partial charge in [0.25, 0.3) is 5.91 Å². The molecule has 0 unspecified atom stereocenters. The average molecular weight is 276 g/mol. The number of rotatable bonds is 4. The first-order chi connectivity index (χ1) is 9.54. The second kappa shape index (κ2) is 5.60. The quantitative estimate of drug-likeness (QED) is 0.828. The van der Waals surface area contributed by atoms with Crippen LogP contribution in [0.25, 0.3) is 0 Å². The Bertz CT molecular complexity index is 642. The number of ether oxygens (including phenoxy) is 1. The Morgan fingerprint density at radius 1 is 1.50 bits per heavy atom. The van der Waals surface area contributed by atoms with Crippen LogP contribution in [0.1, 0.15) is 33.5 Å². The molecule has 2 N–H and O–H groups in total. The van der Waals surface area contributed by atoms with Crippen LogP contribution in [0.5, 0.6) is 0 Å². The number of esters is 1. The van der Waals surface area contributed by atoms with E-state index < -0.39 is 5.97 Å². The van der Waals surface area contributed by atoms with Gasteiger partial charge >= 0.3 is 5.97 Å². The van der Waals surface area contributed by atoms with Crippen LogP contribution in [-0.2, 0) is 11.8 Å². The number of H-pyrrole nitrogens is 1. The number of aromatic amines is 1. The van der Waals surface area contributed by atoms with E-state index in [4.69, 9.17) is 4.74 Å².